The fourth-order valence-corrected chi connectivity index (χ4v) is 16.4. The van der Waals surface area contributed by atoms with Crippen molar-refractivity contribution < 1.29 is 12.3 Å². The number of fused-ring (bicyclic) bond motifs is 6. The van der Waals surface area contributed by atoms with Crippen LogP contribution in [0.25, 0.3) is 99.5 Å². The maximum absolute atomic E-state index is 10.5. The lowest BCUT2D eigenvalue weighted by Gasteiger charge is -2.35. The molecule has 3 heteroatoms. The van der Waals surface area contributed by atoms with Gasteiger partial charge in [0.15, 0.2) is 8.07 Å². The molecule has 2 aromatic heterocycles. The van der Waals surface area contributed by atoms with E-state index in [1.807, 2.05) is 91.0 Å². The molecule has 0 unspecified atom stereocenters. The second-order valence-electron chi connectivity index (χ2n) is 18.8. The van der Waals surface area contributed by atoms with Crippen molar-refractivity contribution in [1.29, 1.82) is 0 Å². The van der Waals surface area contributed by atoms with Crippen LogP contribution in [-0.4, -0.2) is 17.2 Å². The van der Waals surface area contributed by atoms with E-state index in [1.165, 1.54) is 0 Å². The van der Waals surface area contributed by atoms with Crippen molar-refractivity contribution >= 4 is 72.4 Å². The van der Waals surface area contributed by atoms with Crippen LogP contribution in [0, 0.1) is 0 Å². The molecule has 0 atom stereocenters. The first-order valence-corrected chi connectivity index (χ1v) is 27.2. The molecule has 0 aliphatic heterocycles. The number of rotatable bonds is 10. The Labute approximate surface area is 451 Å². The summed E-state index contributed by atoms with van der Waals surface area (Å²) in [6.45, 7) is 0. The molecule has 2 nitrogen and oxygen atoms in total. The minimum absolute atomic E-state index is 0.166. The maximum atomic E-state index is 10.5. The summed E-state index contributed by atoms with van der Waals surface area (Å²) in [5.41, 5.74) is 11.7. The second-order valence-corrected chi connectivity index (χ2v) is 22.5. The van der Waals surface area contributed by atoms with E-state index in [9.17, 15) is 5.48 Å². The van der Waals surface area contributed by atoms with Gasteiger partial charge < -0.3 is 9.13 Å². The molecule has 352 valence electrons. The number of aromatic nitrogens is 2. The molecule has 75 heavy (non-hydrogen) atoms. The minimum Gasteiger partial charge on any atom is -0.309 e. The predicted molar refractivity (Wildman–Crippen MR) is 320 cm³/mol. The third-order valence-electron chi connectivity index (χ3n) is 14.8. The fraction of sp³-hybridized carbons (Fsp3) is 0. The first-order valence-electron chi connectivity index (χ1n) is 29.7. The summed E-state index contributed by atoms with van der Waals surface area (Å²) in [6.07, 6.45) is 0. The van der Waals surface area contributed by atoms with Gasteiger partial charge in [0.1, 0.15) is 0 Å². The average molecular weight is 980 g/mol. The van der Waals surface area contributed by atoms with Crippen LogP contribution < -0.4 is 20.7 Å². The van der Waals surface area contributed by atoms with Crippen molar-refractivity contribution in [1.82, 2.24) is 9.13 Å². The molecule has 0 aliphatic rings. The van der Waals surface area contributed by atoms with E-state index in [0.717, 1.165) is 104 Å². The highest BCUT2D eigenvalue weighted by atomic mass is 28.3. The summed E-state index contributed by atoms with van der Waals surface area (Å²) in [5, 5.41) is 6.41. The molecular weight excluding hydrogens is 921 g/mol. The molecule has 14 rings (SSSR count). The first kappa shape index (κ1) is 35.6. The van der Waals surface area contributed by atoms with Crippen molar-refractivity contribution in [3.05, 3.63) is 303 Å². The lowest BCUT2D eigenvalue weighted by atomic mass is 9.93. The zero-order chi connectivity index (χ0) is 57.5. The molecule has 14 aromatic rings. The molecule has 2 heterocycles. The molecule has 0 N–H and O–H groups in total. The maximum Gasteiger partial charge on any atom is 0.180 e. The van der Waals surface area contributed by atoms with E-state index in [4.69, 9.17) is 6.85 Å². The van der Waals surface area contributed by atoms with Crippen LogP contribution >= 0.6 is 0 Å². The van der Waals surface area contributed by atoms with Crippen molar-refractivity contribution in [2.75, 3.05) is 0 Å². The quantitative estimate of drug-likeness (QED) is 0.0955. The monoisotopic (exact) mass is 979 g/mol. The standard InChI is InChI=1S/C72H50N2Si/c1-6-25-51(26-7-1)54-31-20-33-56(49-54)61-42-22-41-60(53-29-10-3-11-30-53)72(61)74-65-44-19-16-39-62(65)70-66(45-23-46-67(70)74)73-64-43-18-17-40-63(64)71-68(73)47-24-48-69(71)75(57-34-12-4-13-35-57,58-36-14-5-15-37-58)59-38-21-32-55(50-59)52-27-8-2-9-28-52/h1-50H/i2D,8D,9D,21D,27D,28D,32D,38D,50D. The Morgan fingerprint density at radius 2 is 0.800 bits per heavy atom. The molecule has 0 aliphatic carbocycles. The van der Waals surface area contributed by atoms with Crippen molar-refractivity contribution in [3.63, 3.8) is 0 Å². The molecule has 0 saturated carbocycles. The summed E-state index contributed by atoms with van der Waals surface area (Å²) >= 11 is 0. The highest BCUT2D eigenvalue weighted by molar-refractivity contribution is 7.20. The van der Waals surface area contributed by atoms with Gasteiger partial charge in [0, 0.05) is 32.7 Å². The Hall–Kier alpha value is -9.54. The Kier molecular flexibility index (Phi) is 8.77. The summed E-state index contributed by atoms with van der Waals surface area (Å²) < 4.78 is 88.5. The van der Waals surface area contributed by atoms with Crippen LogP contribution in [0.5, 0.6) is 0 Å². The van der Waals surface area contributed by atoms with Gasteiger partial charge in [0.05, 0.1) is 45.8 Å². The average Bonchev–Trinajstić information content (AvgIpc) is 1.39. The van der Waals surface area contributed by atoms with E-state index < -0.39 is 50.4 Å². The molecule has 0 radical (unpaired) electrons. The molecular formula is C72H50N2Si. The Balaban J connectivity index is 1.10. The van der Waals surface area contributed by atoms with Crippen LogP contribution in [0.4, 0.5) is 0 Å². The Morgan fingerprint density at radius 3 is 1.49 bits per heavy atom. The van der Waals surface area contributed by atoms with Crippen molar-refractivity contribution in [2.24, 2.45) is 0 Å². The molecule has 0 bridgehead atoms. The van der Waals surface area contributed by atoms with Gasteiger partial charge in [-0.2, -0.15) is 0 Å². The van der Waals surface area contributed by atoms with Crippen LogP contribution in [0.3, 0.4) is 0 Å². The summed E-state index contributed by atoms with van der Waals surface area (Å²) in [5.74, 6) is 0. The van der Waals surface area contributed by atoms with Gasteiger partial charge in [-0.05, 0) is 90.5 Å². The van der Waals surface area contributed by atoms with Gasteiger partial charge in [-0.3, -0.25) is 0 Å². The number of nitrogens with zero attached hydrogens (tertiary/aromatic N) is 2. The first-order chi connectivity index (χ1) is 41.0. The van der Waals surface area contributed by atoms with Gasteiger partial charge in [-0.1, -0.05) is 267 Å². The van der Waals surface area contributed by atoms with Crippen molar-refractivity contribution in [3.8, 4) is 55.9 Å². The molecule has 0 fully saturated rings. The number of benzene rings is 12. The van der Waals surface area contributed by atoms with Crippen LogP contribution in [0.2, 0.25) is 0 Å². The lowest BCUT2D eigenvalue weighted by molar-refractivity contribution is 1.17. The van der Waals surface area contributed by atoms with Crippen LogP contribution in [0.15, 0.2) is 303 Å². The van der Waals surface area contributed by atoms with E-state index in [1.54, 1.807) is 0 Å². The molecule has 0 saturated heterocycles. The van der Waals surface area contributed by atoms with E-state index in [-0.39, 0.29) is 28.4 Å². The number of hydrogen-bond donors (Lipinski definition) is 0. The Morgan fingerprint density at radius 1 is 0.307 bits per heavy atom. The van der Waals surface area contributed by atoms with E-state index >= 15 is 0 Å². The van der Waals surface area contributed by atoms with Gasteiger partial charge in [-0.15, -0.1) is 0 Å². The van der Waals surface area contributed by atoms with Crippen LogP contribution in [0.1, 0.15) is 12.3 Å². The van der Waals surface area contributed by atoms with E-state index in [2.05, 4.69) is 167 Å². The van der Waals surface area contributed by atoms with Gasteiger partial charge in [0.2, 0.25) is 0 Å². The SMILES string of the molecule is [2H]c1c([2H])c([2H])c(-c2c([2H])c([2H])c([2H])c([Si](c3ccccc3)(c3ccccc3)c3cccc4c3c3ccccc3n4-c3cccc4c3c3ccccc3n4-c3c(-c4ccccc4)cccc3-c3cccc(-c4ccccc4)c3)c2[2H])c([2H])c1[2H]. The fourth-order valence-electron chi connectivity index (χ4n) is 11.7. The highest BCUT2D eigenvalue weighted by Gasteiger charge is 2.43. The summed E-state index contributed by atoms with van der Waals surface area (Å²) in [4.78, 5) is 0. The smallest absolute Gasteiger partial charge is 0.180 e. The predicted octanol–water partition coefficient (Wildman–Crippen LogP) is 15.9. The number of para-hydroxylation sites is 3. The zero-order valence-corrected chi connectivity index (χ0v) is 41.6. The van der Waals surface area contributed by atoms with Gasteiger partial charge in [0.25, 0.3) is 0 Å². The molecule has 12 aromatic carbocycles. The third-order valence-corrected chi connectivity index (χ3v) is 19.4. The Bertz CT molecular complexity index is 4880. The zero-order valence-electron chi connectivity index (χ0n) is 49.6. The van der Waals surface area contributed by atoms with Crippen LogP contribution in [-0.2, 0) is 0 Å². The second kappa shape index (κ2) is 18.5. The summed E-state index contributed by atoms with van der Waals surface area (Å²) in [7, 11) is -4.14. The highest BCUT2D eigenvalue weighted by Crippen LogP contribution is 2.45. The van der Waals surface area contributed by atoms with E-state index in [0.29, 0.717) is 0 Å². The largest absolute Gasteiger partial charge is 0.309 e. The molecule has 0 spiro atoms. The third kappa shape index (κ3) is 7.23. The topological polar surface area (TPSA) is 9.86 Å². The van der Waals surface area contributed by atoms with Gasteiger partial charge >= 0.3 is 0 Å². The lowest BCUT2D eigenvalue weighted by Crippen LogP contribution is -2.74. The number of hydrogen-bond acceptors (Lipinski definition) is 0. The minimum atomic E-state index is -4.14. The normalized spacial score (nSPS) is 13.4. The molecule has 0 amide bonds. The van der Waals surface area contributed by atoms with Crippen molar-refractivity contribution in [2.45, 2.75) is 0 Å². The summed E-state index contributed by atoms with van der Waals surface area (Å²) in [6, 6.07) is 80.9. The van der Waals surface area contributed by atoms with Gasteiger partial charge in [-0.25, -0.2) is 0 Å².